The van der Waals surface area contributed by atoms with Gasteiger partial charge in [0.15, 0.2) is 0 Å². The van der Waals surface area contributed by atoms with Crippen LogP contribution in [0.3, 0.4) is 0 Å². The van der Waals surface area contributed by atoms with Crippen molar-refractivity contribution in [2.24, 2.45) is 0 Å². The monoisotopic (exact) mass is 260 g/mol. The van der Waals surface area contributed by atoms with Crippen LogP contribution in [-0.4, -0.2) is 11.5 Å². The van der Waals surface area contributed by atoms with Crippen molar-refractivity contribution < 1.29 is 0 Å². The maximum atomic E-state index is 6.05. The predicted molar refractivity (Wildman–Crippen MR) is 75.8 cm³/mol. The molecule has 0 aliphatic carbocycles. The zero-order valence-corrected chi connectivity index (χ0v) is 11.2. The lowest BCUT2D eigenvalue weighted by molar-refractivity contribution is 0.615. The van der Waals surface area contributed by atoms with Gasteiger partial charge in [-0.1, -0.05) is 48.9 Å². The van der Waals surface area contributed by atoms with Crippen LogP contribution in [0.1, 0.15) is 24.0 Å². The molecule has 0 aliphatic heterocycles. The highest BCUT2D eigenvalue weighted by atomic mass is 35.5. The Kier molecular flexibility index (Phi) is 4.73. The highest BCUT2D eigenvalue weighted by molar-refractivity contribution is 6.31. The molecule has 0 aliphatic rings. The summed E-state index contributed by atoms with van der Waals surface area (Å²) in [6.07, 6.45) is 3.45. The Hall–Kier alpha value is -1.38. The van der Waals surface area contributed by atoms with Gasteiger partial charge in [-0.25, -0.2) is 0 Å². The number of nitrogens with zero attached hydrogens (tertiary/aromatic N) is 1. The number of hydrogen-bond donors (Lipinski definition) is 1. The lowest BCUT2D eigenvalue weighted by Gasteiger charge is -2.13. The number of aromatic nitrogens is 1. The average Bonchev–Trinajstić information content (AvgIpc) is 2.42. The van der Waals surface area contributed by atoms with Crippen LogP contribution in [0.5, 0.6) is 0 Å². The van der Waals surface area contributed by atoms with E-state index in [1.165, 1.54) is 5.56 Å². The molecule has 1 heterocycles. The second-order valence-electron chi connectivity index (χ2n) is 4.41. The Bertz CT molecular complexity index is 485. The molecule has 0 saturated carbocycles. The van der Waals surface area contributed by atoms with Crippen LogP contribution in [0.2, 0.25) is 5.02 Å². The standard InChI is InChI=1S/C15H17ClN2/c1-12(13-5-3-2-4-6-13)9-18-10-14-7-8-17-11-15(14)16/h2-8,11-12,18H,9-10H2,1H3. The first kappa shape index (κ1) is 13.1. The molecule has 0 bridgehead atoms. The average molecular weight is 261 g/mol. The largest absolute Gasteiger partial charge is 0.312 e. The van der Waals surface area contributed by atoms with Crippen molar-refractivity contribution in [2.75, 3.05) is 6.54 Å². The van der Waals surface area contributed by atoms with Crippen LogP contribution >= 0.6 is 11.6 Å². The Morgan fingerprint density at radius 3 is 2.72 bits per heavy atom. The van der Waals surface area contributed by atoms with E-state index in [0.29, 0.717) is 5.92 Å². The molecule has 0 radical (unpaired) electrons. The molecule has 1 unspecified atom stereocenters. The van der Waals surface area contributed by atoms with Gasteiger partial charge in [-0.05, 0) is 23.1 Å². The van der Waals surface area contributed by atoms with E-state index >= 15 is 0 Å². The predicted octanol–water partition coefficient (Wildman–Crippen LogP) is 3.63. The van der Waals surface area contributed by atoms with E-state index in [4.69, 9.17) is 11.6 Å². The van der Waals surface area contributed by atoms with Crippen molar-refractivity contribution in [2.45, 2.75) is 19.4 Å². The Morgan fingerprint density at radius 1 is 1.22 bits per heavy atom. The minimum Gasteiger partial charge on any atom is -0.312 e. The highest BCUT2D eigenvalue weighted by Gasteiger charge is 2.05. The molecule has 2 rings (SSSR count). The normalized spacial score (nSPS) is 12.3. The van der Waals surface area contributed by atoms with Crippen molar-refractivity contribution >= 4 is 11.6 Å². The quantitative estimate of drug-likeness (QED) is 0.888. The van der Waals surface area contributed by atoms with Crippen molar-refractivity contribution in [1.82, 2.24) is 10.3 Å². The summed E-state index contributed by atoms with van der Waals surface area (Å²) >= 11 is 6.05. The number of halogens is 1. The van der Waals surface area contributed by atoms with E-state index in [0.717, 1.165) is 23.7 Å². The number of rotatable bonds is 5. The van der Waals surface area contributed by atoms with Crippen LogP contribution < -0.4 is 5.32 Å². The van der Waals surface area contributed by atoms with Crippen LogP contribution in [0.15, 0.2) is 48.8 Å². The first-order chi connectivity index (χ1) is 8.77. The Labute approximate surface area is 113 Å². The van der Waals surface area contributed by atoms with Gasteiger partial charge in [0, 0.05) is 25.5 Å². The molecule has 0 fully saturated rings. The van der Waals surface area contributed by atoms with E-state index in [2.05, 4.69) is 41.5 Å². The highest BCUT2D eigenvalue weighted by Crippen LogP contribution is 2.15. The van der Waals surface area contributed by atoms with E-state index in [1.54, 1.807) is 12.4 Å². The van der Waals surface area contributed by atoms with Crippen molar-refractivity contribution in [3.63, 3.8) is 0 Å². The molecular weight excluding hydrogens is 244 g/mol. The summed E-state index contributed by atoms with van der Waals surface area (Å²) in [6.45, 7) is 3.93. The van der Waals surface area contributed by atoms with Gasteiger partial charge in [-0.15, -0.1) is 0 Å². The van der Waals surface area contributed by atoms with Crippen LogP contribution in [0.4, 0.5) is 0 Å². The third-order valence-corrected chi connectivity index (χ3v) is 3.33. The molecule has 2 aromatic rings. The second-order valence-corrected chi connectivity index (χ2v) is 4.82. The molecule has 0 amide bonds. The van der Waals surface area contributed by atoms with Gasteiger partial charge in [0.25, 0.3) is 0 Å². The topological polar surface area (TPSA) is 24.9 Å². The lowest BCUT2D eigenvalue weighted by atomic mass is 10.0. The van der Waals surface area contributed by atoms with E-state index in [9.17, 15) is 0 Å². The molecular formula is C15H17ClN2. The fourth-order valence-corrected chi connectivity index (χ4v) is 2.06. The first-order valence-corrected chi connectivity index (χ1v) is 6.49. The maximum absolute atomic E-state index is 6.05. The molecule has 2 nitrogen and oxygen atoms in total. The number of benzene rings is 1. The second kappa shape index (κ2) is 6.53. The third-order valence-electron chi connectivity index (χ3n) is 2.99. The summed E-state index contributed by atoms with van der Waals surface area (Å²) in [5.74, 6) is 0.492. The van der Waals surface area contributed by atoms with Gasteiger partial charge >= 0.3 is 0 Å². The first-order valence-electron chi connectivity index (χ1n) is 6.11. The van der Waals surface area contributed by atoms with E-state index in [1.807, 2.05) is 12.1 Å². The molecule has 0 saturated heterocycles. The third kappa shape index (κ3) is 3.56. The molecule has 1 aromatic heterocycles. The SMILES string of the molecule is CC(CNCc1ccncc1Cl)c1ccccc1. The molecule has 1 aromatic carbocycles. The van der Waals surface area contributed by atoms with Crippen LogP contribution in [-0.2, 0) is 6.54 Å². The van der Waals surface area contributed by atoms with E-state index < -0.39 is 0 Å². The molecule has 3 heteroatoms. The number of hydrogen-bond acceptors (Lipinski definition) is 2. The van der Waals surface area contributed by atoms with Crippen LogP contribution in [0.25, 0.3) is 0 Å². The number of pyridine rings is 1. The molecule has 1 N–H and O–H groups in total. The van der Waals surface area contributed by atoms with Gasteiger partial charge in [-0.3, -0.25) is 4.98 Å². The molecule has 0 spiro atoms. The summed E-state index contributed by atoms with van der Waals surface area (Å²) in [5.41, 5.74) is 2.44. The Balaban J connectivity index is 1.84. The fourth-order valence-electron chi connectivity index (χ4n) is 1.87. The molecule has 94 valence electrons. The minimum atomic E-state index is 0.492. The zero-order chi connectivity index (χ0) is 12.8. The number of nitrogens with one attached hydrogen (secondary N) is 1. The van der Waals surface area contributed by atoms with Gasteiger partial charge in [0.1, 0.15) is 0 Å². The summed E-state index contributed by atoms with van der Waals surface area (Å²) in [6, 6.07) is 12.5. The fraction of sp³-hybridized carbons (Fsp3) is 0.267. The Morgan fingerprint density at radius 2 is 2.00 bits per heavy atom. The summed E-state index contributed by atoms with van der Waals surface area (Å²) in [7, 11) is 0. The van der Waals surface area contributed by atoms with Crippen molar-refractivity contribution in [1.29, 1.82) is 0 Å². The van der Waals surface area contributed by atoms with Gasteiger partial charge < -0.3 is 5.32 Å². The maximum Gasteiger partial charge on any atom is 0.0634 e. The minimum absolute atomic E-state index is 0.492. The molecule has 1 atom stereocenters. The van der Waals surface area contributed by atoms with Gasteiger partial charge in [0.2, 0.25) is 0 Å². The van der Waals surface area contributed by atoms with Gasteiger partial charge in [0.05, 0.1) is 5.02 Å². The van der Waals surface area contributed by atoms with Gasteiger partial charge in [-0.2, -0.15) is 0 Å². The zero-order valence-electron chi connectivity index (χ0n) is 10.4. The molecule has 18 heavy (non-hydrogen) atoms. The summed E-state index contributed by atoms with van der Waals surface area (Å²) in [4.78, 5) is 3.98. The van der Waals surface area contributed by atoms with Crippen molar-refractivity contribution in [3.8, 4) is 0 Å². The van der Waals surface area contributed by atoms with Crippen molar-refractivity contribution in [3.05, 3.63) is 64.9 Å². The summed E-state index contributed by atoms with van der Waals surface area (Å²) in [5, 5.41) is 4.15. The lowest BCUT2D eigenvalue weighted by Crippen LogP contribution is -2.19. The summed E-state index contributed by atoms with van der Waals surface area (Å²) < 4.78 is 0. The smallest absolute Gasteiger partial charge is 0.0634 e. The van der Waals surface area contributed by atoms with Crippen LogP contribution in [0, 0.1) is 0 Å². The van der Waals surface area contributed by atoms with E-state index in [-0.39, 0.29) is 0 Å².